The highest BCUT2D eigenvalue weighted by Gasteiger charge is 2.71. The van der Waals surface area contributed by atoms with Gasteiger partial charge in [0, 0.05) is 11.5 Å². The van der Waals surface area contributed by atoms with Gasteiger partial charge in [0.15, 0.2) is 12.6 Å². The lowest BCUT2D eigenvalue weighted by Crippen LogP contribution is -2.67. The largest absolute Gasteiger partial charge is 0.458 e. The summed E-state index contributed by atoms with van der Waals surface area (Å²) >= 11 is 0. The zero-order valence-electron chi connectivity index (χ0n) is 28.6. The number of fused-ring (bicyclic) bond motifs is 5. The fraction of sp³-hybridized carbons (Fsp3) is 0.914. The topological polar surface area (TPSA) is 245 Å². The second-order valence-corrected chi connectivity index (χ2v) is 16.4. The molecule has 4 saturated carbocycles. The quantitative estimate of drug-likeness (QED) is 0.105. The van der Waals surface area contributed by atoms with E-state index in [2.05, 4.69) is 6.92 Å². The third-order valence-corrected chi connectivity index (χ3v) is 14.3. The molecule has 0 spiro atoms. The van der Waals surface area contributed by atoms with Crippen LogP contribution in [0.1, 0.15) is 65.2 Å². The van der Waals surface area contributed by atoms with Gasteiger partial charge in [0.25, 0.3) is 0 Å². The Bertz CT molecular complexity index is 1290. The molecule has 6 fully saturated rings. The molecule has 0 aromatic carbocycles. The van der Waals surface area contributed by atoms with Crippen LogP contribution in [0.25, 0.3) is 0 Å². The van der Waals surface area contributed by atoms with E-state index in [1.165, 1.54) is 6.08 Å². The lowest BCUT2D eigenvalue weighted by atomic mass is 9.42. The van der Waals surface area contributed by atoms with E-state index in [4.69, 9.17) is 23.7 Å². The number of carbonyl (C=O) groups excluding carboxylic acids is 1. The summed E-state index contributed by atoms with van der Waals surface area (Å²) in [5, 5.41) is 96.7. The van der Waals surface area contributed by atoms with Crippen LogP contribution in [0.5, 0.6) is 0 Å². The molecule has 7 rings (SSSR count). The standard InChI is InChI=1S/C35H54O15/c1-33-7-5-17(47-31-29(44)27(42)30(22(13-37)49-31)50-32-28(43)26(41)25(40)21(12-36)48-32)10-16(33)3-4-19-20(33)11-23(38)34(2)18(6-8-35(19,34)45)15-9-24(39)46-14-15/h9,16-23,25-32,36-38,40-45H,3-8,10-14H2,1-2H3/t16-,17+,18-,19-,20+,21-,22-,23-,25-,26+,27-,28-,29-,30-,31?,32+,33+,34+,35+/m1/s1. The van der Waals surface area contributed by atoms with Gasteiger partial charge in [-0.25, -0.2) is 4.79 Å². The third kappa shape index (κ3) is 5.62. The Hall–Kier alpha value is -1.31. The minimum atomic E-state index is -1.75. The van der Waals surface area contributed by atoms with Gasteiger partial charge in [-0.15, -0.1) is 0 Å². The number of hydrogen-bond acceptors (Lipinski definition) is 15. The first kappa shape index (κ1) is 37.0. The Labute approximate surface area is 290 Å². The number of cyclic esters (lactones) is 1. The molecule has 1 unspecified atom stereocenters. The smallest absolute Gasteiger partial charge is 0.331 e. The molecule has 0 amide bonds. The summed E-state index contributed by atoms with van der Waals surface area (Å²) in [6, 6.07) is 0. The normalized spacial score (nSPS) is 55.1. The predicted octanol–water partition coefficient (Wildman–Crippen LogP) is -1.78. The van der Waals surface area contributed by atoms with Gasteiger partial charge in [0.2, 0.25) is 0 Å². The van der Waals surface area contributed by atoms with Crippen LogP contribution in [0.2, 0.25) is 0 Å². The zero-order valence-corrected chi connectivity index (χ0v) is 28.6. The molecule has 15 heteroatoms. The van der Waals surface area contributed by atoms with E-state index in [0.29, 0.717) is 32.1 Å². The average molecular weight is 715 g/mol. The number of rotatable bonds is 7. The fourth-order valence-electron chi connectivity index (χ4n) is 11.3. The van der Waals surface area contributed by atoms with Crippen molar-refractivity contribution in [2.75, 3.05) is 19.8 Å². The first-order valence-electron chi connectivity index (χ1n) is 18.2. The molecule has 50 heavy (non-hydrogen) atoms. The number of carbonyl (C=O) groups is 1. The second-order valence-electron chi connectivity index (χ2n) is 16.4. The molecule has 9 N–H and O–H groups in total. The van der Waals surface area contributed by atoms with Crippen LogP contribution in [-0.4, -0.2) is 151 Å². The van der Waals surface area contributed by atoms with Crippen molar-refractivity contribution in [3.05, 3.63) is 11.6 Å². The summed E-state index contributed by atoms with van der Waals surface area (Å²) in [5.74, 6) is -0.246. The van der Waals surface area contributed by atoms with Crippen molar-refractivity contribution in [2.24, 2.45) is 34.5 Å². The fourth-order valence-corrected chi connectivity index (χ4v) is 11.3. The number of aliphatic hydroxyl groups excluding tert-OH is 8. The molecule has 0 aromatic rings. The van der Waals surface area contributed by atoms with E-state index >= 15 is 0 Å². The first-order chi connectivity index (χ1) is 23.7. The SMILES string of the molecule is C[C@]12CC[C@H](OC3O[C@H](CO)[C@@H](O[C@@H]4O[C@H](CO)[C@@H](O)[C@H](O)[C@H]4O)[C@H](O)[C@H]3O)C[C@H]1CC[C@@H]1[C@@H]2C[C@@H](O)[C@]2(C)[C@@H](C3=CC(=O)OC3)CC[C@]12O. The van der Waals surface area contributed by atoms with E-state index in [1.807, 2.05) is 6.92 Å². The Morgan fingerprint density at radius 3 is 2.14 bits per heavy atom. The lowest BCUT2D eigenvalue weighted by Gasteiger charge is -2.65. The molecule has 15 nitrogen and oxygen atoms in total. The maximum atomic E-state index is 12.5. The molecule has 4 aliphatic carbocycles. The Kier molecular flexibility index (Phi) is 10.0. The number of esters is 1. The molecule has 0 aromatic heterocycles. The van der Waals surface area contributed by atoms with Crippen molar-refractivity contribution in [3.8, 4) is 0 Å². The number of aliphatic hydroxyl groups is 9. The summed E-state index contributed by atoms with van der Waals surface area (Å²) in [4.78, 5) is 11.9. The number of ether oxygens (including phenoxy) is 5. The van der Waals surface area contributed by atoms with Gasteiger partial charge in [-0.1, -0.05) is 13.8 Å². The first-order valence-corrected chi connectivity index (χ1v) is 18.2. The Morgan fingerprint density at radius 1 is 0.780 bits per heavy atom. The van der Waals surface area contributed by atoms with E-state index in [1.54, 1.807) is 0 Å². The van der Waals surface area contributed by atoms with E-state index in [0.717, 1.165) is 24.8 Å². The van der Waals surface area contributed by atoms with Crippen LogP contribution in [0.15, 0.2) is 11.6 Å². The molecule has 7 aliphatic rings. The monoisotopic (exact) mass is 714 g/mol. The Morgan fingerprint density at radius 2 is 1.46 bits per heavy atom. The van der Waals surface area contributed by atoms with E-state index in [-0.39, 0.29) is 47.8 Å². The molecule has 0 radical (unpaired) electrons. The molecule has 284 valence electrons. The van der Waals surface area contributed by atoms with Crippen LogP contribution in [0.4, 0.5) is 0 Å². The highest BCUT2D eigenvalue weighted by Crippen LogP contribution is 2.70. The van der Waals surface area contributed by atoms with Gasteiger partial charge in [0.1, 0.15) is 55.4 Å². The van der Waals surface area contributed by atoms with Crippen LogP contribution < -0.4 is 0 Å². The van der Waals surface area contributed by atoms with Gasteiger partial charge >= 0.3 is 5.97 Å². The van der Waals surface area contributed by atoms with Crippen molar-refractivity contribution in [1.29, 1.82) is 0 Å². The molecule has 0 bridgehead atoms. The van der Waals surface area contributed by atoms with Gasteiger partial charge in [0.05, 0.1) is 31.0 Å². The second kappa shape index (κ2) is 13.5. The van der Waals surface area contributed by atoms with Crippen molar-refractivity contribution in [3.63, 3.8) is 0 Å². The molecular formula is C35H54O15. The summed E-state index contributed by atoms with van der Waals surface area (Å²) < 4.78 is 28.4. The van der Waals surface area contributed by atoms with Gasteiger partial charge in [-0.05, 0) is 86.0 Å². The molecule has 3 aliphatic heterocycles. The van der Waals surface area contributed by atoms with Crippen LogP contribution in [0, 0.1) is 34.5 Å². The van der Waals surface area contributed by atoms with Gasteiger partial charge in [-0.2, -0.15) is 0 Å². The summed E-state index contributed by atoms with van der Waals surface area (Å²) in [5.41, 5.74) is -1.21. The highest BCUT2D eigenvalue weighted by atomic mass is 16.7. The minimum absolute atomic E-state index is 0.0113. The summed E-state index contributed by atoms with van der Waals surface area (Å²) in [6.07, 6.45) is -9.33. The summed E-state index contributed by atoms with van der Waals surface area (Å²) in [7, 11) is 0. The molecule has 19 atom stereocenters. The number of hydrogen-bond donors (Lipinski definition) is 9. The maximum Gasteiger partial charge on any atom is 0.331 e. The molecule has 2 saturated heterocycles. The minimum Gasteiger partial charge on any atom is -0.458 e. The molecular weight excluding hydrogens is 660 g/mol. The lowest BCUT2D eigenvalue weighted by molar-refractivity contribution is -0.364. The average Bonchev–Trinajstić information content (AvgIpc) is 3.65. The molecule has 3 heterocycles. The summed E-state index contributed by atoms with van der Waals surface area (Å²) in [6.45, 7) is 3.11. The Balaban J connectivity index is 1.01. The van der Waals surface area contributed by atoms with Crippen molar-refractivity contribution < 1.29 is 74.4 Å². The highest BCUT2D eigenvalue weighted by molar-refractivity contribution is 5.85. The predicted molar refractivity (Wildman–Crippen MR) is 168 cm³/mol. The van der Waals surface area contributed by atoms with Gasteiger partial charge < -0.3 is 69.6 Å². The van der Waals surface area contributed by atoms with E-state index in [9.17, 15) is 50.8 Å². The van der Waals surface area contributed by atoms with Crippen LogP contribution in [-0.2, 0) is 28.5 Å². The van der Waals surface area contributed by atoms with Gasteiger partial charge in [-0.3, -0.25) is 0 Å². The van der Waals surface area contributed by atoms with Crippen molar-refractivity contribution in [1.82, 2.24) is 0 Å². The third-order valence-electron chi connectivity index (χ3n) is 14.3. The van der Waals surface area contributed by atoms with Crippen LogP contribution in [0.3, 0.4) is 0 Å². The van der Waals surface area contributed by atoms with Crippen molar-refractivity contribution in [2.45, 2.75) is 144 Å². The van der Waals surface area contributed by atoms with Crippen LogP contribution >= 0.6 is 0 Å². The maximum absolute atomic E-state index is 12.5. The van der Waals surface area contributed by atoms with E-state index < -0.39 is 91.7 Å². The van der Waals surface area contributed by atoms with Crippen molar-refractivity contribution >= 4 is 5.97 Å². The zero-order chi connectivity index (χ0) is 35.9.